The number of hydrogen-bond acceptors (Lipinski definition) is 3. The van der Waals surface area contributed by atoms with Gasteiger partial charge in [-0.05, 0) is 51.1 Å². The van der Waals surface area contributed by atoms with Gasteiger partial charge in [-0.15, -0.1) is 0 Å². The molecule has 0 N–H and O–H groups in total. The molecule has 0 saturated carbocycles. The minimum atomic E-state index is 0.296. The Balaban J connectivity index is 2.24. The lowest BCUT2D eigenvalue weighted by atomic mass is 10.0. The molecule has 3 heteroatoms. The van der Waals surface area contributed by atoms with Crippen molar-refractivity contribution in [2.75, 3.05) is 20.7 Å². The van der Waals surface area contributed by atoms with Crippen LogP contribution in [0.25, 0.3) is 0 Å². The van der Waals surface area contributed by atoms with Crippen LogP contribution in [-0.2, 0) is 17.7 Å². The standard InChI is InChI=1S/C14H22N2O/c1-4-12-8-11(14-6-5-7-17-14)9-13(15-12)10-16(2)3/h8-9,14H,4-7,10H2,1-3H3/t14-/m0/s1. The van der Waals surface area contributed by atoms with Crippen LogP contribution in [0.4, 0.5) is 0 Å². The van der Waals surface area contributed by atoms with Crippen molar-refractivity contribution in [3.05, 3.63) is 29.1 Å². The molecule has 0 aliphatic carbocycles. The van der Waals surface area contributed by atoms with Crippen LogP contribution in [0.2, 0.25) is 0 Å². The number of aromatic nitrogens is 1. The molecular weight excluding hydrogens is 212 g/mol. The van der Waals surface area contributed by atoms with Gasteiger partial charge in [0.1, 0.15) is 0 Å². The van der Waals surface area contributed by atoms with Crippen LogP contribution in [0.5, 0.6) is 0 Å². The quantitative estimate of drug-likeness (QED) is 0.800. The highest BCUT2D eigenvalue weighted by Gasteiger charge is 2.19. The maximum Gasteiger partial charge on any atom is 0.0827 e. The van der Waals surface area contributed by atoms with E-state index in [-0.39, 0.29) is 0 Å². The van der Waals surface area contributed by atoms with Gasteiger partial charge in [0.2, 0.25) is 0 Å². The van der Waals surface area contributed by atoms with E-state index >= 15 is 0 Å². The molecule has 0 radical (unpaired) electrons. The molecular formula is C14H22N2O. The number of rotatable bonds is 4. The van der Waals surface area contributed by atoms with Crippen LogP contribution in [0.15, 0.2) is 12.1 Å². The third-order valence-electron chi connectivity index (χ3n) is 3.10. The Hall–Kier alpha value is -0.930. The van der Waals surface area contributed by atoms with E-state index in [4.69, 9.17) is 4.74 Å². The number of ether oxygens (including phenoxy) is 1. The molecule has 1 aliphatic rings. The maximum absolute atomic E-state index is 5.76. The molecule has 0 spiro atoms. The smallest absolute Gasteiger partial charge is 0.0827 e. The Bertz CT molecular complexity index is 370. The summed E-state index contributed by atoms with van der Waals surface area (Å²) in [5, 5.41) is 0. The predicted molar refractivity (Wildman–Crippen MR) is 68.9 cm³/mol. The van der Waals surface area contributed by atoms with Gasteiger partial charge in [0.25, 0.3) is 0 Å². The van der Waals surface area contributed by atoms with E-state index in [2.05, 4.69) is 43.0 Å². The number of nitrogens with zero attached hydrogens (tertiary/aromatic N) is 2. The first-order valence-corrected chi connectivity index (χ1v) is 6.45. The van der Waals surface area contributed by atoms with Gasteiger partial charge in [-0.2, -0.15) is 0 Å². The fourth-order valence-corrected chi connectivity index (χ4v) is 2.29. The SMILES string of the molecule is CCc1cc([C@@H]2CCCO2)cc(CN(C)C)n1. The summed E-state index contributed by atoms with van der Waals surface area (Å²) in [6.07, 6.45) is 3.61. The Kier molecular flexibility index (Phi) is 4.13. The zero-order valence-corrected chi connectivity index (χ0v) is 11.1. The second-order valence-corrected chi connectivity index (χ2v) is 4.98. The van der Waals surface area contributed by atoms with E-state index in [0.29, 0.717) is 6.10 Å². The number of pyridine rings is 1. The first kappa shape index (κ1) is 12.5. The van der Waals surface area contributed by atoms with Crippen LogP contribution in [-0.4, -0.2) is 30.6 Å². The van der Waals surface area contributed by atoms with Crippen molar-refractivity contribution in [1.82, 2.24) is 9.88 Å². The van der Waals surface area contributed by atoms with Crippen molar-refractivity contribution in [3.8, 4) is 0 Å². The summed E-state index contributed by atoms with van der Waals surface area (Å²) in [4.78, 5) is 6.82. The van der Waals surface area contributed by atoms with Crippen molar-refractivity contribution in [1.29, 1.82) is 0 Å². The molecule has 3 nitrogen and oxygen atoms in total. The largest absolute Gasteiger partial charge is 0.374 e. The first-order chi connectivity index (χ1) is 8.19. The zero-order valence-electron chi connectivity index (χ0n) is 11.1. The molecule has 94 valence electrons. The molecule has 1 atom stereocenters. The summed E-state index contributed by atoms with van der Waals surface area (Å²) < 4.78 is 5.76. The second kappa shape index (κ2) is 5.61. The van der Waals surface area contributed by atoms with Crippen LogP contribution >= 0.6 is 0 Å². The summed E-state index contributed by atoms with van der Waals surface area (Å²) in [5.74, 6) is 0. The Morgan fingerprint density at radius 3 is 2.71 bits per heavy atom. The minimum absolute atomic E-state index is 0.296. The second-order valence-electron chi connectivity index (χ2n) is 4.98. The fraction of sp³-hybridized carbons (Fsp3) is 0.643. The van der Waals surface area contributed by atoms with Gasteiger partial charge in [-0.1, -0.05) is 6.92 Å². The minimum Gasteiger partial charge on any atom is -0.374 e. The lowest BCUT2D eigenvalue weighted by molar-refractivity contribution is 0.111. The molecule has 2 rings (SSSR count). The third kappa shape index (κ3) is 3.27. The van der Waals surface area contributed by atoms with E-state index in [9.17, 15) is 0 Å². The van der Waals surface area contributed by atoms with Gasteiger partial charge >= 0.3 is 0 Å². The lowest BCUT2D eigenvalue weighted by Gasteiger charge is -2.15. The van der Waals surface area contributed by atoms with E-state index in [0.717, 1.165) is 31.7 Å². The Morgan fingerprint density at radius 1 is 1.35 bits per heavy atom. The summed E-state index contributed by atoms with van der Waals surface area (Å²) in [7, 11) is 4.15. The van der Waals surface area contributed by atoms with E-state index in [1.54, 1.807) is 0 Å². The van der Waals surface area contributed by atoms with Crippen LogP contribution in [0, 0.1) is 0 Å². The highest BCUT2D eigenvalue weighted by atomic mass is 16.5. The third-order valence-corrected chi connectivity index (χ3v) is 3.10. The monoisotopic (exact) mass is 234 g/mol. The van der Waals surface area contributed by atoms with Crippen molar-refractivity contribution >= 4 is 0 Å². The molecule has 17 heavy (non-hydrogen) atoms. The van der Waals surface area contributed by atoms with Gasteiger partial charge in [-0.3, -0.25) is 4.98 Å². The molecule has 0 bridgehead atoms. The van der Waals surface area contributed by atoms with Crippen LogP contribution in [0.3, 0.4) is 0 Å². The van der Waals surface area contributed by atoms with Gasteiger partial charge in [-0.25, -0.2) is 0 Å². The summed E-state index contributed by atoms with van der Waals surface area (Å²) in [5.41, 5.74) is 3.64. The van der Waals surface area contributed by atoms with Crippen molar-refractivity contribution in [3.63, 3.8) is 0 Å². The summed E-state index contributed by atoms with van der Waals surface area (Å²) in [6, 6.07) is 4.41. The van der Waals surface area contributed by atoms with Crippen molar-refractivity contribution in [2.24, 2.45) is 0 Å². The molecule has 0 aromatic carbocycles. The normalized spacial score (nSPS) is 20.1. The molecule has 1 aromatic heterocycles. The number of hydrogen-bond donors (Lipinski definition) is 0. The van der Waals surface area contributed by atoms with Gasteiger partial charge in [0.15, 0.2) is 0 Å². The first-order valence-electron chi connectivity index (χ1n) is 6.45. The van der Waals surface area contributed by atoms with Gasteiger partial charge < -0.3 is 9.64 Å². The molecule has 0 amide bonds. The molecule has 1 saturated heterocycles. The highest BCUT2D eigenvalue weighted by Crippen LogP contribution is 2.29. The van der Waals surface area contributed by atoms with Gasteiger partial charge in [0, 0.05) is 18.8 Å². The van der Waals surface area contributed by atoms with E-state index in [1.807, 2.05) is 0 Å². The van der Waals surface area contributed by atoms with Crippen molar-refractivity contribution in [2.45, 2.75) is 38.8 Å². The van der Waals surface area contributed by atoms with Crippen LogP contribution < -0.4 is 0 Å². The average molecular weight is 234 g/mol. The molecule has 1 aliphatic heterocycles. The Morgan fingerprint density at radius 2 is 2.12 bits per heavy atom. The molecule has 2 heterocycles. The molecule has 1 fully saturated rings. The van der Waals surface area contributed by atoms with Crippen molar-refractivity contribution < 1.29 is 4.74 Å². The molecule has 1 aromatic rings. The maximum atomic E-state index is 5.76. The Labute approximate surface area is 104 Å². The average Bonchev–Trinajstić information content (AvgIpc) is 2.81. The zero-order chi connectivity index (χ0) is 12.3. The van der Waals surface area contributed by atoms with E-state index in [1.165, 1.54) is 17.7 Å². The highest BCUT2D eigenvalue weighted by molar-refractivity contribution is 5.24. The number of aryl methyl sites for hydroxylation is 1. The van der Waals surface area contributed by atoms with Crippen LogP contribution in [0.1, 0.15) is 42.8 Å². The molecule has 0 unspecified atom stereocenters. The van der Waals surface area contributed by atoms with E-state index < -0.39 is 0 Å². The lowest BCUT2D eigenvalue weighted by Crippen LogP contribution is -2.13. The summed E-state index contributed by atoms with van der Waals surface area (Å²) in [6.45, 7) is 3.95. The fourth-order valence-electron chi connectivity index (χ4n) is 2.29. The summed E-state index contributed by atoms with van der Waals surface area (Å²) >= 11 is 0. The topological polar surface area (TPSA) is 25.4 Å². The van der Waals surface area contributed by atoms with Gasteiger partial charge in [0.05, 0.1) is 11.8 Å². The predicted octanol–water partition coefficient (Wildman–Crippen LogP) is 2.56.